The van der Waals surface area contributed by atoms with Crippen molar-refractivity contribution in [2.24, 2.45) is 5.92 Å². The van der Waals surface area contributed by atoms with Gasteiger partial charge < -0.3 is 9.47 Å². The molecule has 2 rings (SSSR count). The van der Waals surface area contributed by atoms with Crippen LogP contribution in [0.1, 0.15) is 77.6 Å². The summed E-state index contributed by atoms with van der Waals surface area (Å²) in [5.74, 6) is 1.62. The molecule has 24 heavy (non-hydrogen) atoms. The van der Waals surface area contributed by atoms with E-state index in [0.29, 0.717) is 12.0 Å². The average Bonchev–Trinajstić information content (AvgIpc) is 3.12. The second-order valence-corrected chi connectivity index (χ2v) is 7.27. The van der Waals surface area contributed by atoms with Crippen LogP contribution in [0.2, 0.25) is 0 Å². The Hall–Kier alpha value is -1.02. The molecule has 0 bridgehead atoms. The van der Waals surface area contributed by atoms with Crippen LogP contribution in [-0.4, -0.2) is 19.3 Å². The van der Waals surface area contributed by atoms with E-state index in [1.807, 2.05) is 18.2 Å². The van der Waals surface area contributed by atoms with Crippen LogP contribution >= 0.6 is 0 Å². The molecule has 0 saturated carbocycles. The molecule has 1 saturated heterocycles. The number of unbranched alkanes of at least 4 members (excludes halogenated alkanes) is 6. The first-order chi connectivity index (χ1) is 11.9. The van der Waals surface area contributed by atoms with Crippen molar-refractivity contribution in [2.45, 2.75) is 83.7 Å². The smallest absolute Gasteiger partial charge is 0.119 e. The summed E-state index contributed by atoms with van der Waals surface area (Å²) in [6.45, 7) is 4.07. The summed E-state index contributed by atoms with van der Waals surface area (Å²) < 4.78 is 11.9. The van der Waals surface area contributed by atoms with E-state index in [9.17, 15) is 0 Å². The Balaban J connectivity index is 1.66. The highest BCUT2D eigenvalue weighted by Gasteiger charge is 2.21. The minimum atomic E-state index is 0.471. The van der Waals surface area contributed by atoms with Gasteiger partial charge in [0, 0.05) is 6.61 Å². The maximum Gasteiger partial charge on any atom is 0.119 e. The van der Waals surface area contributed by atoms with Crippen molar-refractivity contribution >= 4 is 0 Å². The van der Waals surface area contributed by atoms with Crippen molar-refractivity contribution in [3.05, 3.63) is 30.3 Å². The van der Waals surface area contributed by atoms with Crippen molar-refractivity contribution in [3.8, 4) is 5.75 Å². The first-order valence-electron chi connectivity index (χ1n) is 10.2. The average molecular weight is 333 g/mol. The van der Waals surface area contributed by atoms with E-state index in [1.165, 1.54) is 70.6 Å². The Kier molecular flexibility index (Phi) is 9.94. The fourth-order valence-electron chi connectivity index (χ4n) is 3.59. The third-order valence-electron chi connectivity index (χ3n) is 5.07. The SMILES string of the molecule is CCCCCCCCCC(COc1ccccc1)CC1CCCO1. The van der Waals surface area contributed by atoms with Crippen molar-refractivity contribution in [1.29, 1.82) is 0 Å². The van der Waals surface area contributed by atoms with E-state index in [4.69, 9.17) is 9.47 Å². The predicted molar refractivity (Wildman–Crippen MR) is 102 cm³/mol. The molecule has 2 heteroatoms. The Labute approximate surface area is 148 Å². The van der Waals surface area contributed by atoms with Gasteiger partial charge in [0.15, 0.2) is 0 Å². The second kappa shape index (κ2) is 12.4. The van der Waals surface area contributed by atoms with Crippen molar-refractivity contribution in [3.63, 3.8) is 0 Å². The Morgan fingerprint density at radius 3 is 2.50 bits per heavy atom. The number of rotatable bonds is 13. The fraction of sp³-hybridized carbons (Fsp3) is 0.727. The van der Waals surface area contributed by atoms with E-state index < -0.39 is 0 Å². The van der Waals surface area contributed by atoms with Crippen LogP contribution in [-0.2, 0) is 4.74 Å². The van der Waals surface area contributed by atoms with Gasteiger partial charge in [0.2, 0.25) is 0 Å². The minimum Gasteiger partial charge on any atom is -0.493 e. The largest absolute Gasteiger partial charge is 0.493 e. The summed E-state index contributed by atoms with van der Waals surface area (Å²) in [5, 5.41) is 0. The van der Waals surface area contributed by atoms with Gasteiger partial charge in [-0.3, -0.25) is 0 Å². The highest BCUT2D eigenvalue weighted by Crippen LogP contribution is 2.25. The molecule has 0 N–H and O–H groups in total. The predicted octanol–water partition coefficient (Wildman–Crippen LogP) is 6.39. The molecule has 0 amide bonds. The van der Waals surface area contributed by atoms with E-state index in [1.54, 1.807) is 0 Å². The third kappa shape index (κ3) is 8.19. The highest BCUT2D eigenvalue weighted by molar-refractivity contribution is 5.20. The van der Waals surface area contributed by atoms with Gasteiger partial charge in [0.25, 0.3) is 0 Å². The van der Waals surface area contributed by atoms with Crippen LogP contribution in [0.25, 0.3) is 0 Å². The summed E-state index contributed by atoms with van der Waals surface area (Å²) >= 11 is 0. The number of hydrogen-bond acceptors (Lipinski definition) is 2. The van der Waals surface area contributed by atoms with Crippen molar-refractivity contribution < 1.29 is 9.47 Å². The third-order valence-corrected chi connectivity index (χ3v) is 5.07. The maximum absolute atomic E-state index is 6.03. The van der Waals surface area contributed by atoms with Crippen LogP contribution in [0, 0.1) is 5.92 Å². The molecule has 1 heterocycles. The zero-order valence-corrected chi connectivity index (χ0v) is 15.6. The second-order valence-electron chi connectivity index (χ2n) is 7.27. The summed E-state index contributed by atoms with van der Waals surface area (Å²) in [6.07, 6.45) is 15.0. The van der Waals surface area contributed by atoms with Crippen LogP contribution in [0.15, 0.2) is 30.3 Å². The lowest BCUT2D eigenvalue weighted by molar-refractivity contribution is 0.0770. The summed E-state index contributed by atoms with van der Waals surface area (Å²) in [6, 6.07) is 10.2. The van der Waals surface area contributed by atoms with Gasteiger partial charge >= 0.3 is 0 Å². The standard InChI is InChI=1S/C22H36O2/c1-2-3-4-5-6-7-9-13-20(18-22-16-12-17-23-22)19-24-21-14-10-8-11-15-21/h8,10-11,14-15,20,22H,2-7,9,12-13,16-19H2,1H3. The van der Waals surface area contributed by atoms with Crippen LogP contribution in [0.5, 0.6) is 5.75 Å². The van der Waals surface area contributed by atoms with Gasteiger partial charge in [0.1, 0.15) is 5.75 Å². The maximum atomic E-state index is 6.03. The fourth-order valence-corrected chi connectivity index (χ4v) is 3.59. The molecule has 0 aliphatic carbocycles. The number of ether oxygens (including phenoxy) is 2. The number of benzene rings is 1. The Morgan fingerprint density at radius 2 is 1.79 bits per heavy atom. The molecule has 2 atom stereocenters. The molecule has 1 aliphatic rings. The van der Waals surface area contributed by atoms with Gasteiger partial charge in [0.05, 0.1) is 12.7 Å². The molecular formula is C22H36O2. The van der Waals surface area contributed by atoms with Gasteiger partial charge in [-0.1, -0.05) is 70.1 Å². The normalized spacial score (nSPS) is 18.6. The van der Waals surface area contributed by atoms with Crippen molar-refractivity contribution in [1.82, 2.24) is 0 Å². The highest BCUT2D eigenvalue weighted by atomic mass is 16.5. The first-order valence-corrected chi connectivity index (χ1v) is 10.2. The van der Waals surface area contributed by atoms with E-state index >= 15 is 0 Å². The van der Waals surface area contributed by atoms with Crippen molar-refractivity contribution in [2.75, 3.05) is 13.2 Å². The molecule has 2 nitrogen and oxygen atoms in total. The number of para-hydroxylation sites is 1. The molecule has 1 fully saturated rings. The topological polar surface area (TPSA) is 18.5 Å². The summed E-state index contributed by atoms with van der Waals surface area (Å²) in [4.78, 5) is 0. The molecule has 0 aromatic heterocycles. The van der Waals surface area contributed by atoms with E-state index in [0.717, 1.165) is 19.0 Å². The van der Waals surface area contributed by atoms with Gasteiger partial charge in [-0.25, -0.2) is 0 Å². The van der Waals surface area contributed by atoms with Gasteiger partial charge in [-0.05, 0) is 43.7 Å². The zero-order valence-electron chi connectivity index (χ0n) is 15.6. The molecule has 0 spiro atoms. The summed E-state index contributed by atoms with van der Waals surface area (Å²) in [5.41, 5.74) is 0. The number of hydrogen-bond donors (Lipinski definition) is 0. The van der Waals surface area contributed by atoms with Crippen LogP contribution in [0.4, 0.5) is 0 Å². The monoisotopic (exact) mass is 332 g/mol. The molecule has 0 radical (unpaired) electrons. The lowest BCUT2D eigenvalue weighted by Crippen LogP contribution is -2.19. The lowest BCUT2D eigenvalue weighted by atomic mass is 9.94. The lowest BCUT2D eigenvalue weighted by Gasteiger charge is -2.21. The molecule has 136 valence electrons. The minimum absolute atomic E-state index is 0.471. The molecular weight excluding hydrogens is 296 g/mol. The summed E-state index contributed by atoms with van der Waals surface area (Å²) in [7, 11) is 0. The Bertz CT molecular complexity index is 398. The molecule has 1 aromatic carbocycles. The van der Waals surface area contributed by atoms with Gasteiger partial charge in [-0.2, -0.15) is 0 Å². The van der Waals surface area contributed by atoms with E-state index in [-0.39, 0.29) is 0 Å². The van der Waals surface area contributed by atoms with Crippen LogP contribution in [0.3, 0.4) is 0 Å². The zero-order chi connectivity index (χ0) is 16.9. The van der Waals surface area contributed by atoms with Crippen LogP contribution < -0.4 is 4.74 Å². The first kappa shape index (κ1) is 19.3. The quantitative estimate of drug-likeness (QED) is 0.390. The Morgan fingerprint density at radius 1 is 1.04 bits per heavy atom. The molecule has 2 unspecified atom stereocenters. The molecule has 1 aromatic rings. The van der Waals surface area contributed by atoms with E-state index in [2.05, 4.69) is 19.1 Å². The van der Waals surface area contributed by atoms with Gasteiger partial charge in [-0.15, -0.1) is 0 Å². The molecule has 1 aliphatic heterocycles.